The van der Waals surface area contributed by atoms with Gasteiger partial charge in [0.05, 0.1) is 18.9 Å². The Morgan fingerprint density at radius 2 is 2.08 bits per heavy atom. The molecule has 0 unspecified atom stereocenters. The van der Waals surface area contributed by atoms with Gasteiger partial charge >= 0.3 is 6.16 Å². The van der Waals surface area contributed by atoms with E-state index in [1.807, 2.05) is 6.92 Å². The van der Waals surface area contributed by atoms with Crippen LogP contribution >= 0.6 is 0 Å². The Morgan fingerprint density at radius 3 is 2.60 bits per heavy atom. The number of amides is 1. The Kier molecular flexibility index (Phi) is 5.79. The van der Waals surface area contributed by atoms with Crippen molar-refractivity contribution in [2.45, 2.75) is 25.4 Å². The number of nitrogens with zero attached hydrogens (tertiary/aromatic N) is 2. The number of ether oxygens (including phenoxy) is 3. The quantitative estimate of drug-likeness (QED) is 0.624. The van der Waals surface area contributed by atoms with Crippen LogP contribution in [0.3, 0.4) is 0 Å². The first-order valence-electron chi connectivity index (χ1n) is 7.68. The van der Waals surface area contributed by atoms with E-state index >= 15 is 0 Å². The third-order valence-electron chi connectivity index (χ3n) is 4.17. The summed E-state index contributed by atoms with van der Waals surface area (Å²) in [6, 6.07) is 1.73. The van der Waals surface area contributed by atoms with Gasteiger partial charge in [0.1, 0.15) is 12.4 Å². The molecular weight excluding hydrogens is 332 g/mol. The van der Waals surface area contributed by atoms with E-state index in [2.05, 4.69) is 4.98 Å². The predicted octanol–water partition coefficient (Wildman–Crippen LogP) is 1.24. The van der Waals surface area contributed by atoms with Gasteiger partial charge in [0.25, 0.3) is 12.4 Å². The lowest BCUT2D eigenvalue weighted by Gasteiger charge is -2.36. The van der Waals surface area contributed by atoms with Gasteiger partial charge in [-0.05, 0) is 13.0 Å². The maximum Gasteiger partial charge on any atom is 0.509 e. The van der Waals surface area contributed by atoms with Gasteiger partial charge in [-0.15, -0.1) is 0 Å². The van der Waals surface area contributed by atoms with Crippen LogP contribution in [0.5, 0.6) is 5.75 Å². The number of pyridine rings is 1. The monoisotopic (exact) mass is 352 g/mol. The Balaban J connectivity index is 0.000000701. The molecule has 2 aliphatic rings. The summed E-state index contributed by atoms with van der Waals surface area (Å²) in [4.78, 5) is 38.0. The van der Waals surface area contributed by atoms with Crippen LogP contribution < -0.4 is 4.74 Å². The first-order valence-corrected chi connectivity index (χ1v) is 7.68. The zero-order valence-electron chi connectivity index (χ0n) is 14.1. The number of hydrogen-bond donors (Lipinski definition) is 1. The first-order chi connectivity index (χ1) is 11.9. The normalized spacial score (nSPS) is 17.8. The van der Waals surface area contributed by atoms with Crippen molar-refractivity contribution >= 4 is 18.5 Å². The average Bonchev–Trinajstić information content (AvgIpc) is 2.96. The van der Waals surface area contributed by atoms with Crippen molar-refractivity contribution in [3.05, 3.63) is 23.5 Å². The molecule has 3 heterocycles. The second kappa shape index (κ2) is 7.82. The number of carboxylic acid groups (broad SMARTS) is 1. The molecule has 1 aromatic heterocycles. The molecule has 136 valence electrons. The van der Waals surface area contributed by atoms with Crippen LogP contribution in [-0.4, -0.2) is 65.9 Å². The second-order valence-corrected chi connectivity index (χ2v) is 5.75. The van der Waals surface area contributed by atoms with Gasteiger partial charge in [-0.3, -0.25) is 14.6 Å². The van der Waals surface area contributed by atoms with Gasteiger partial charge in [-0.1, -0.05) is 0 Å². The van der Waals surface area contributed by atoms with E-state index in [4.69, 9.17) is 24.1 Å². The fraction of sp³-hybridized carbons (Fsp3) is 0.500. The minimum Gasteiger partial charge on any atom is -0.494 e. The molecular formula is C16H20N2O7. The number of hydrogen-bond acceptors (Lipinski definition) is 7. The zero-order chi connectivity index (χ0) is 18.4. The van der Waals surface area contributed by atoms with Gasteiger partial charge in [0.2, 0.25) is 0 Å². The summed E-state index contributed by atoms with van der Waals surface area (Å²) in [5, 5.41) is 6.89. The number of methoxy groups -OCH3 is 1. The third kappa shape index (κ3) is 4.17. The summed E-state index contributed by atoms with van der Waals surface area (Å²) in [7, 11) is 1.52. The second-order valence-electron chi connectivity index (χ2n) is 5.75. The van der Waals surface area contributed by atoms with Gasteiger partial charge < -0.3 is 24.2 Å². The summed E-state index contributed by atoms with van der Waals surface area (Å²) >= 11 is 0. The van der Waals surface area contributed by atoms with Crippen LogP contribution in [0.2, 0.25) is 0 Å². The van der Waals surface area contributed by atoms with E-state index in [9.17, 15) is 9.59 Å². The van der Waals surface area contributed by atoms with E-state index in [0.29, 0.717) is 37.2 Å². The fourth-order valence-corrected chi connectivity index (χ4v) is 2.84. The van der Waals surface area contributed by atoms with E-state index in [0.717, 1.165) is 5.69 Å². The van der Waals surface area contributed by atoms with Crippen molar-refractivity contribution in [3.8, 4) is 5.75 Å². The smallest absolute Gasteiger partial charge is 0.494 e. The van der Waals surface area contributed by atoms with E-state index in [1.54, 1.807) is 17.2 Å². The summed E-state index contributed by atoms with van der Waals surface area (Å²) in [6.07, 6.45) is 2.10. The van der Waals surface area contributed by atoms with Crippen LogP contribution in [0.15, 0.2) is 12.3 Å². The molecule has 0 bridgehead atoms. The predicted molar refractivity (Wildman–Crippen MR) is 84.5 cm³/mol. The number of rotatable bonds is 2. The summed E-state index contributed by atoms with van der Waals surface area (Å²) in [6.45, 7) is 2.88. The maximum absolute atomic E-state index is 12.7. The standard InChI is InChI=1S/C15H18N2O5.CH2O2/c1-10-7-11(12(20-2)8-16-10)13(18)17-5-3-15(4-6-17)9-21-14(19)22-15;2-1-3/h7-8H,3-6,9H2,1-2H3;1H,(H,2,3). The molecule has 3 rings (SSSR count). The number of cyclic esters (lactones) is 1. The fourth-order valence-electron chi connectivity index (χ4n) is 2.84. The lowest BCUT2D eigenvalue weighted by molar-refractivity contribution is -0.122. The Bertz CT molecular complexity index is 654. The number of carbonyl (C=O) groups excluding carboxylic acids is 2. The Labute approximate surface area is 144 Å². The van der Waals surface area contributed by atoms with Crippen molar-refractivity contribution in [1.29, 1.82) is 0 Å². The Morgan fingerprint density at radius 1 is 1.44 bits per heavy atom. The molecule has 1 aromatic rings. The van der Waals surface area contributed by atoms with Crippen LogP contribution in [0.4, 0.5) is 4.79 Å². The number of aryl methyl sites for hydroxylation is 1. The molecule has 1 spiro atoms. The van der Waals surface area contributed by atoms with Crippen LogP contribution in [-0.2, 0) is 14.3 Å². The maximum atomic E-state index is 12.7. The molecule has 2 aliphatic heterocycles. The third-order valence-corrected chi connectivity index (χ3v) is 4.17. The van der Waals surface area contributed by atoms with Crippen LogP contribution in [0.1, 0.15) is 28.9 Å². The highest BCUT2D eigenvalue weighted by atomic mass is 16.8. The van der Waals surface area contributed by atoms with Gasteiger partial charge in [0, 0.05) is 31.6 Å². The summed E-state index contributed by atoms with van der Waals surface area (Å²) < 4.78 is 15.4. The zero-order valence-corrected chi connectivity index (χ0v) is 14.1. The van der Waals surface area contributed by atoms with Gasteiger partial charge in [-0.25, -0.2) is 4.79 Å². The van der Waals surface area contributed by atoms with Crippen LogP contribution in [0, 0.1) is 6.92 Å². The molecule has 1 amide bonds. The SMILES string of the molecule is COc1cnc(C)cc1C(=O)N1CCC2(CC1)COC(=O)O2.O=CO. The van der Waals surface area contributed by atoms with Crippen molar-refractivity contribution in [2.24, 2.45) is 0 Å². The van der Waals surface area contributed by atoms with Crippen molar-refractivity contribution in [3.63, 3.8) is 0 Å². The van der Waals surface area contributed by atoms with E-state index < -0.39 is 11.8 Å². The van der Waals surface area contributed by atoms with E-state index in [1.165, 1.54) is 7.11 Å². The molecule has 0 radical (unpaired) electrons. The molecule has 9 nitrogen and oxygen atoms in total. The first kappa shape index (κ1) is 18.5. The lowest BCUT2D eigenvalue weighted by atomic mass is 9.92. The number of aromatic nitrogens is 1. The molecule has 2 fully saturated rings. The minimum absolute atomic E-state index is 0.0950. The highest BCUT2D eigenvalue weighted by Crippen LogP contribution is 2.32. The molecule has 25 heavy (non-hydrogen) atoms. The molecule has 2 saturated heterocycles. The van der Waals surface area contributed by atoms with Crippen LogP contribution in [0.25, 0.3) is 0 Å². The highest BCUT2D eigenvalue weighted by Gasteiger charge is 2.45. The largest absolute Gasteiger partial charge is 0.509 e. The highest BCUT2D eigenvalue weighted by molar-refractivity contribution is 5.97. The summed E-state index contributed by atoms with van der Waals surface area (Å²) in [5.74, 6) is 0.369. The lowest BCUT2D eigenvalue weighted by Crippen LogP contribution is -2.48. The molecule has 0 atom stereocenters. The molecule has 0 aromatic carbocycles. The number of likely N-dealkylation sites (tertiary alicyclic amines) is 1. The van der Waals surface area contributed by atoms with Gasteiger partial charge in [0.15, 0.2) is 5.60 Å². The van der Waals surface area contributed by atoms with Crippen molar-refractivity contribution in [1.82, 2.24) is 9.88 Å². The number of piperidine rings is 1. The summed E-state index contributed by atoms with van der Waals surface area (Å²) in [5.41, 5.74) is 0.702. The van der Waals surface area contributed by atoms with Crippen molar-refractivity contribution in [2.75, 3.05) is 26.8 Å². The van der Waals surface area contributed by atoms with Gasteiger partial charge in [-0.2, -0.15) is 0 Å². The average molecular weight is 352 g/mol. The minimum atomic E-state index is -0.619. The number of carbonyl (C=O) groups is 3. The topological polar surface area (TPSA) is 115 Å². The Hall–Kier alpha value is -2.84. The van der Waals surface area contributed by atoms with E-state index in [-0.39, 0.29) is 19.0 Å². The molecule has 0 aliphatic carbocycles. The van der Waals surface area contributed by atoms with Crippen molar-refractivity contribution < 1.29 is 33.7 Å². The molecule has 1 N–H and O–H groups in total. The molecule has 0 saturated carbocycles. The molecule has 9 heteroatoms.